The van der Waals surface area contributed by atoms with E-state index in [-0.39, 0.29) is 31.1 Å². The minimum Gasteiger partial charge on any atom is -0.462 e. The van der Waals surface area contributed by atoms with Crippen LogP contribution in [-0.4, -0.2) is 37.2 Å². The largest absolute Gasteiger partial charge is 0.462 e. The molecule has 0 radical (unpaired) electrons. The molecule has 0 saturated carbocycles. The van der Waals surface area contributed by atoms with E-state index in [9.17, 15) is 14.4 Å². The van der Waals surface area contributed by atoms with Crippen molar-refractivity contribution in [1.82, 2.24) is 0 Å². The van der Waals surface area contributed by atoms with Gasteiger partial charge >= 0.3 is 17.9 Å². The molecular weight excluding hydrogens is 805 g/mol. The normalized spacial score (nSPS) is 12.1. The first-order chi connectivity index (χ1) is 31.6. The summed E-state index contributed by atoms with van der Waals surface area (Å²) in [6.45, 7) is 13.8. The van der Waals surface area contributed by atoms with Gasteiger partial charge in [0.2, 0.25) is 0 Å². The molecule has 6 nitrogen and oxygen atoms in total. The van der Waals surface area contributed by atoms with E-state index >= 15 is 0 Å². The number of carbonyl (C=O) groups is 3. The van der Waals surface area contributed by atoms with Crippen molar-refractivity contribution in [3.63, 3.8) is 0 Å². The summed E-state index contributed by atoms with van der Waals surface area (Å²) >= 11 is 0. The molecule has 0 N–H and O–H groups in total. The van der Waals surface area contributed by atoms with E-state index in [2.05, 4.69) is 41.5 Å². The van der Waals surface area contributed by atoms with Gasteiger partial charge in [0.1, 0.15) is 13.2 Å². The van der Waals surface area contributed by atoms with E-state index < -0.39 is 6.10 Å². The molecule has 0 aromatic heterocycles. The van der Waals surface area contributed by atoms with Crippen LogP contribution >= 0.6 is 0 Å². The molecule has 0 unspecified atom stereocenters. The Morgan fingerprint density at radius 1 is 0.262 bits per heavy atom. The predicted octanol–water partition coefficient (Wildman–Crippen LogP) is 19.1. The first kappa shape index (κ1) is 63.4. The van der Waals surface area contributed by atoms with Gasteiger partial charge in [0.25, 0.3) is 0 Å². The lowest BCUT2D eigenvalue weighted by Crippen LogP contribution is -2.30. The van der Waals surface area contributed by atoms with Crippen molar-refractivity contribution in [2.24, 2.45) is 17.8 Å². The van der Waals surface area contributed by atoms with Crippen LogP contribution in [0, 0.1) is 17.8 Å². The summed E-state index contributed by atoms with van der Waals surface area (Å²) in [6, 6.07) is 0. The fourth-order valence-electron chi connectivity index (χ4n) is 9.00. The fourth-order valence-corrected chi connectivity index (χ4v) is 9.00. The van der Waals surface area contributed by atoms with Crippen LogP contribution < -0.4 is 0 Å². The van der Waals surface area contributed by atoms with Crippen LogP contribution in [-0.2, 0) is 28.6 Å². The van der Waals surface area contributed by atoms with E-state index in [1.54, 1.807) is 0 Å². The fraction of sp³-hybridized carbons (Fsp3) is 0.949. The number of carbonyl (C=O) groups excluding carboxylic acids is 3. The molecule has 386 valence electrons. The standard InChI is InChI=1S/C59H114O6/c1-53(2)45-39-33-27-21-15-10-7-8-12-18-24-30-36-42-48-57(60)63-51-56(65-59(62)50-44-38-32-26-20-14-17-23-29-35-41-47-55(5)6)52-64-58(61)49-43-37-31-25-19-13-9-11-16-22-28-34-40-46-54(3)4/h53-56H,7-52H2,1-6H3/t56-/m0/s1. The molecule has 0 fully saturated rings. The van der Waals surface area contributed by atoms with Gasteiger partial charge in [-0.2, -0.15) is 0 Å². The van der Waals surface area contributed by atoms with Crippen LogP contribution in [0.4, 0.5) is 0 Å². The molecule has 0 bridgehead atoms. The molecule has 0 aliphatic rings. The van der Waals surface area contributed by atoms with Crippen LogP contribution in [0.1, 0.15) is 324 Å². The van der Waals surface area contributed by atoms with E-state index in [1.807, 2.05) is 0 Å². The lowest BCUT2D eigenvalue weighted by Gasteiger charge is -2.18. The maximum absolute atomic E-state index is 12.8. The lowest BCUT2D eigenvalue weighted by molar-refractivity contribution is -0.167. The highest BCUT2D eigenvalue weighted by molar-refractivity contribution is 5.71. The Bertz CT molecular complexity index is 1010. The summed E-state index contributed by atoms with van der Waals surface area (Å²) in [7, 11) is 0. The Kier molecular flexibility index (Phi) is 49.1. The number of ether oxygens (including phenoxy) is 3. The molecule has 0 aromatic rings. The zero-order chi connectivity index (χ0) is 47.7. The molecule has 0 saturated heterocycles. The minimum absolute atomic E-state index is 0.0635. The molecule has 0 spiro atoms. The van der Waals surface area contributed by atoms with Gasteiger partial charge in [-0.15, -0.1) is 0 Å². The van der Waals surface area contributed by atoms with Crippen molar-refractivity contribution in [2.45, 2.75) is 330 Å². The molecule has 6 heteroatoms. The van der Waals surface area contributed by atoms with Gasteiger partial charge in [0.15, 0.2) is 6.10 Å². The average Bonchev–Trinajstić information content (AvgIpc) is 3.26. The van der Waals surface area contributed by atoms with Crippen LogP contribution in [0.15, 0.2) is 0 Å². The quantitative estimate of drug-likeness (QED) is 0.0344. The average molecular weight is 920 g/mol. The van der Waals surface area contributed by atoms with Gasteiger partial charge in [0.05, 0.1) is 0 Å². The van der Waals surface area contributed by atoms with Crippen molar-refractivity contribution < 1.29 is 28.6 Å². The smallest absolute Gasteiger partial charge is 0.306 e. The Morgan fingerprint density at radius 3 is 0.662 bits per heavy atom. The van der Waals surface area contributed by atoms with E-state index in [0.29, 0.717) is 19.3 Å². The summed E-state index contributed by atoms with van der Waals surface area (Å²) in [4.78, 5) is 38.2. The molecule has 0 aromatic carbocycles. The zero-order valence-corrected chi connectivity index (χ0v) is 44.8. The van der Waals surface area contributed by atoms with E-state index in [4.69, 9.17) is 14.2 Å². The van der Waals surface area contributed by atoms with Crippen molar-refractivity contribution in [3.05, 3.63) is 0 Å². The maximum Gasteiger partial charge on any atom is 0.306 e. The highest BCUT2D eigenvalue weighted by Gasteiger charge is 2.19. The van der Waals surface area contributed by atoms with Gasteiger partial charge in [-0.3, -0.25) is 14.4 Å². The lowest BCUT2D eigenvalue weighted by atomic mass is 10.0. The Labute approximate surface area is 406 Å². The van der Waals surface area contributed by atoms with Gasteiger partial charge in [-0.1, -0.05) is 286 Å². The number of hydrogen-bond acceptors (Lipinski definition) is 6. The number of unbranched alkanes of at least 4 members (excludes halogenated alkanes) is 35. The second-order valence-corrected chi connectivity index (χ2v) is 21.7. The molecule has 65 heavy (non-hydrogen) atoms. The van der Waals surface area contributed by atoms with Gasteiger partial charge < -0.3 is 14.2 Å². The first-order valence-electron chi connectivity index (χ1n) is 29.1. The van der Waals surface area contributed by atoms with E-state index in [0.717, 1.165) is 75.5 Å². The Hall–Kier alpha value is -1.59. The van der Waals surface area contributed by atoms with Crippen molar-refractivity contribution in [2.75, 3.05) is 13.2 Å². The van der Waals surface area contributed by atoms with Crippen LogP contribution in [0.2, 0.25) is 0 Å². The third-order valence-corrected chi connectivity index (χ3v) is 13.4. The van der Waals surface area contributed by atoms with E-state index in [1.165, 1.54) is 205 Å². The summed E-state index contributed by atoms with van der Waals surface area (Å²) in [5.41, 5.74) is 0. The SMILES string of the molecule is CC(C)CCCCCCCCCCCCCCCCC(=O)OC[C@@H](COC(=O)CCCCCCCCCCCCCCCC(C)C)OC(=O)CCCCCCCCCCCCCC(C)C. The summed E-state index contributed by atoms with van der Waals surface area (Å²) in [6.07, 6.45) is 52.3. The minimum atomic E-state index is -0.764. The maximum atomic E-state index is 12.8. The number of rotatable bonds is 52. The van der Waals surface area contributed by atoms with Crippen molar-refractivity contribution >= 4 is 17.9 Å². The molecular formula is C59H114O6. The third-order valence-electron chi connectivity index (χ3n) is 13.4. The molecule has 0 heterocycles. The summed E-state index contributed by atoms with van der Waals surface area (Å²) < 4.78 is 16.9. The second kappa shape index (κ2) is 50.3. The van der Waals surface area contributed by atoms with Crippen molar-refractivity contribution in [1.29, 1.82) is 0 Å². The number of esters is 3. The summed E-state index contributed by atoms with van der Waals surface area (Å²) in [5.74, 6) is 1.67. The number of hydrogen-bond donors (Lipinski definition) is 0. The first-order valence-corrected chi connectivity index (χ1v) is 29.1. The van der Waals surface area contributed by atoms with Crippen LogP contribution in [0.25, 0.3) is 0 Å². The second-order valence-electron chi connectivity index (χ2n) is 21.7. The van der Waals surface area contributed by atoms with Crippen LogP contribution in [0.3, 0.4) is 0 Å². The highest BCUT2D eigenvalue weighted by atomic mass is 16.6. The van der Waals surface area contributed by atoms with Crippen molar-refractivity contribution in [3.8, 4) is 0 Å². The zero-order valence-electron chi connectivity index (χ0n) is 44.8. The third kappa shape index (κ3) is 53.2. The summed E-state index contributed by atoms with van der Waals surface area (Å²) in [5, 5.41) is 0. The molecule has 1 atom stereocenters. The monoisotopic (exact) mass is 919 g/mol. The highest BCUT2D eigenvalue weighted by Crippen LogP contribution is 2.18. The Morgan fingerprint density at radius 2 is 0.446 bits per heavy atom. The van der Waals surface area contributed by atoms with Gasteiger partial charge in [-0.25, -0.2) is 0 Å². The molecule has 0 aliphatic carbocycles. The van der Waals surface area contributed by atoms with Crippen LogP contribution in [0.5, 0.6) is 0 Å². The topological polar surface area (TPSA) is 78.9 Å². The molecule has 0 rings (SSSR count). The van der Waals surface area contributed by atoms with Gasteiger partial charge in [0, 0.05) is 19.3 Å². The Balaban J connectivity index is 4.30. The van der Waals surface area contributed by atoms with Gasteiger partial charge in [-0.05, 0) is 37.0 Å². The predicted molar refractivity (Wildman–Crippen MR) is 279 cm³/mol. The molecule has 0 amide bonds. The molecule has 0 aliphatic heterocycles.